The van der Waals surface area contributed by atoms with Crippen molar-refractivity contribution in [2.75, 3.05) is 0 Å². The lowest BCUT2D eigenvalue weighted by Crippen LogP contribution is -1.92. The van der Waals surface area contributed by atoms with Gasteiger partial charge in [0.25, 0.3) is 0 Å². The van der Waals surface area contributed by atoms with Crippen LogP contribution in [0.15, 0.2) is 47.6 Å². The van der Waals surface area contributed by atoms with E-state index in [-0.39, 0.29) is 6.61 Å². The average molecular weight is 274 g/mol. The van der Waals surface area contributed by atoms with Crippen molar-refractivity contribution in [2.24, 2.45) is 5.16 Å². The molecule has 2 rings (SSSR count). The van der Waals surface area contributed by atoms with E-state index in [1.807, 2.05) is 24.3 Å². The van der Waals surface area contributed by atoms with Crippen LogP contribution in [0.2, 0.25) is 0 Å². The summed E-state index contributed by atoms with van der Waals surface area (Å²) in [7, 11) is 0. The van der Waals surface area contributed by atoms with Crippen molar-refractivity contribution in [3.05, 3.63) is 70.8 Å². The molecule has 0 aliphatic heterocycles. The zero-order chi connectivity index (χ0) is 14.4. The van der Waals surface area contributed by atoms with Crippen molar-refractivity contribution >= 4 is 6.21 Å². The fraction of sp³-hybridized carbons (Fsp3) is 0.188. The molecule has 0 aliphatic rings. The SMILES string of the molecule is CCc1cccc(/[C]=N\OCc2cc(F)cc(F)c2)c1. The molecular formula is C16H14F2NO. The van der Waals surface area contributed by atoms with E-state index in [9.17, 15) is 8.78 Å². The maximum atomic E-state index is 12.9. The lowest BCUT2D eigenvalue weighted by Gasteiger charge is -2.01. The molecule has 0 heterocycles. The molecule has 0 spiro atoms. The van der Waals surface area contributed by atoms with Crippen LogP contribution in [0, 0.1) is 11.6 Å². The van der Waals surface area contributed by atoms with Crippen LogP contribution in [0.25, 0.3) is 0 Å². The van der Waals surface area contributed by atoms with Gasteiger partial charge in [-0.2, -0.15) is 0 Å². The fourth-order valence-corrected chi connectivity index (χ4v) is 1.75. The molecule has 1 radical (unpaired) electrons. The summed E-state index contributed by atoms with van der Waals surface area (Å²) in [5, 5.41) is 3.68. The molecule has 0 saturated heterocycles. The minimum Gasteiger partial charge on any atom is -0.390 e. The number of rotatable bonds is 5. The molecule has 0 amide bonds. The Kier molecular flexibility index (Phi) is 4.82. The number of halogens is 2. The van der Waals surface area contributed by atoms with Gasteiger partial charge in [-0.3, -0.25) is 0 Å². The van der Waals surface area contributed by atoms with Crippen LogP contribution < -0.4 is 0 Å². The second-order valence-corrected chi connectivity index (χ2v) is 4.31. The number of nitrogens with zero attached hydrogens (tertiary/aromatic N) is 1. The van der Waals surface area contributed by atoms with Crippen LogP contribution in [0.3, 0.4) is 0 Å². The van der Waals surface area contributed by atoms with Gasteiger partial charge in [0.05, 0.1) is 0 Å². The lowest BCUT2D eigenvalue weighted by atomic mass is 10.1. The molecule has 0 atom stereocenters. The second-order valence-electron chi connectivity index (χ2n) is 4.31. The standard InChI is InChI=1S/C16H14F2NO/c1-2-12-4-3-5-13(6-12)10-19-20-11-14-7-15(17)9-16(18)8-14/h3-9H,2,11H2,1H3. The molecule has 2 aromatic rings. The van der Waals surface area contributed by atoms with Gasteiger partial charge in [-0.15, -0.1) is 0 Å². The van der Waals surface area contributed by atoms with Crippen molar-refractivity contribution in [1.29, 1.82) is 0 Å². The summed E-state index contributed by atoms with van der Waals surface area (Å²) in [6.45, 7) is 2.06. The lowest BCUT2D eigenvalue weighted by molar-refractivity contribution is 0.131. The monoisotopic (exact) mass is 274 g/mol. The number of benzene rings is 2. The third-order valence-electron chi connectivity index (χ3n) is 2.73. The van der Waals surface area contributed by atoms with E-state index in [1.54, 1.807) is 0 Å². The van der Waals surface area contributed by atoms with Crippen LogP contribution in [0.1, 0.15) is 23.6 Å². The van der Waals surface area contributed by atoms with E-state index in [1.165, 1.54) is 17.7 Å². The topological polar surface area (TPSA) is 21.6 Å². The summed E-state index contributed by atoms with van der Waals surface area (Å²) in [4.78, 5) is 4.99. The zero-order valence-corrected chi connectivity index (χ0v) is 11.1. The average Bonchev–Trinajstić information content (AvgIpc) is 2.43. The van der Waals surface area contributed by atoms with Crippen LogP contribution in [0.4, 0.5) is 8.78 Å². The van der Waals surface area contributed by atoms with Gasteiger partial charge < -0.3 is 4.84 Å². The van der Waals surface area contributed by atoms with Crippen molar-refractivity contribution < 1.29 is 13.6 Å². The maximum Gasteiger partial charge on any atom is 0.142 e. The van der Waals surface area contributed by atoms with E-state index in [0.717, 1.165) is 18.1 Å². The summed E-state index contributed by atoms with van der Waals surface area (Å²) in [6, 6.07) is 11.0. The zero-order valence-electron chi connectivity index (χ0n) is 11.1. The summed E-state index contributed by atoms with van der Waals surface area (Å²) in [5.41, 5.74) is 2.36. The van der Waals surface area contributed by atoms with E-state index >= 15 is 0 Å². The Hall–Kier alpha value is -2.23. The Morgan fingerprint density at radius 3 is 2.50 bits per heavy atom. The summed E-state index contributed by atoms with van der Waals surface area (Å²) in [6.07, 6.45) is 3.66. The third-order valence-corrected chi connectivity index (χ3v) is 2.73. The van der Waals surface area contributed by atoms with Crippen molar-refractivity contribution in [3.8, 4) is 0 Å². The first-order chi connectivity index (χ1) is 9.67. The van der Waals surface area contributed by atoms with Crippen molar-refractivity contribution in [2.45, 2.75) is 20.0 Å². The Morgan fingerprint density at radius 2 is 1.80 bits per heavy atom. The first-order valence-corrected chi connectivity index (χ1v) is 6.29. The Labute approximate surface area is 116 Å². The molecule has 2 aromatic carbocycles. The van der Waals surface area contributed by atoms with Crippen LogP contribution in [-0.4, -0.2) is 6.21 Å². The molecule has 4 heteroatoms. The predicted molar refractivity (Wildman–Crippen MR) is 73.5 cm³/mol. The van der Waals surface area contributed by atoms with Gasteiger partial charge in [-0.05, 0) is 35.7 Å². The second kappa shape index (κ2) is 6.80. The number of aryl methyl sites for hydroxylation is 1. The highest BCUT2D eigenvalue weighted by Gasteiger charge is 2.00. The van der Waals surface area contributed by atoms with E-state index < -0.39 is 11.6 Å². The smallest absolute Gasteiger partial charge is 0.142 e. The molecule has 2 nitrogen and oxygen atoms in total. The molecule has 0 aliphatic carbocycles. The first-order valence-electron chi connectivity index (χ1n) is 6.29. The molecule has 0 unspecified atom stereocenters. The number of hydrogen-bond acceptors (Lipinski definition) is 2. The summed E-state index contributed by atoms with van der Waals surface area (Å²) >= 11 is 0. The molecule has 0 saturated carbocycles. The van der Waals surface area contributed by atoms with Crippen molar-refractivity contribution in [1.82, 2.24) is 0 Å². The van der Waals surface area contributed by atoms with E-state index in [4.69, 9.17) is 4.84 Å². The highest BCUT2D eigenvalue weighted by molar-refractivity contribution is 5.79. The molecule has 103 valence electrons. The molecule has 0 bridgehead atoms. The normalized spacial score (nSPS) is 10.9. The summed E-state index contributed by atoms with van der Waals surface area (Å²) in [5.74, 6) is -1.26. The van der Waals surface area contributed by atoms with Gasteiger partial charge in [-0.1, -0.05) is 30.3 Å². The minimum atomic E-state index is -0.632. The van der Waals surface area contributed by atoms with Gasteiger partial charge >= 0.3 is 0 Å². The quantitative estimate of drug-likeness (QED) is 0.597. The summed E-state index contributed by atoms with van der Waals surface area (Å²) < 4.78 is 25.9. The number of hydrogen-bond donors (Lipinski definition) is 0. The van der Waals surface area contributed by atoms with E-state index in [2.05, 4.69) is 18.3 Å². The van der Waals surface area contributed by atoms with E-state index in [0.29, 0.717) is 5.56 Å². The maximum absolute atomic E-state index is 12.9. The fourth-order valence-electron chi connectivity index (χ4n) is 1.75. The largest absolute Gasteiger partial charge is 0.390 e. The molecule has 0 N–H and O–H groups in total. The third kappa shape index (κ3) is 4.16. The molecule has 0 fully saturated rings. The highest BCUT2D eigenvalue weighted by atomic mass is 19.1. The van der Waals surface area contributed by atoms with Gasteiger partial charge in [0.15, 0.2) is 0 Å². The van der Waals surface area contributed by atoms with Gasteiger partial charge in [0.2, 0.25) is 0 Å². The van der Waals surface area contributed by atoms with Gasteiger partial charge in [-0.25, -0.2) is 8.78 Å². The molecule has 20 heavy (non-hydrogen) atoms. The predicted octanol–water partition coefficient (Wildman–Crippen LogP) is 3.95. The van der Waals surface area contributed by atoms with Crippen LogP contribution in [-0.2, 0) is 17.9 Å². The van der Waals surface area contributed by atoms with Crippen LogP contribution >= 0.6 is 0 Å². The Bertz CT molecular complexity index is 591. The van der Waals surface area contributed by atoms with Gasteiger partial charge in [0.1, 0.15) is 24.5 Å². The first kappa shape index (κ1) is 14.2. The Morgan fingerprint density at radius 1 is 1.05 bits per heavy atom. The highest BCUT2D eigenvalue weighted by Crippen LogP contribution is 2.09. The Balaban J connectivity index is 1.93. The molecular weight excluding hydrogens is 260 g/mol. The minimum absolute atomic E-state index is 0.00481. The molecule has 0 aromatic heterocycles. The van der Waals surface area contributed by atoms with Crippen molar-refractivity contribution in [3.63, 3.8) is 0 Å². The van der Waals surface area contributed by atoms with Gasteiger partial charge in [0, 0.05) is 11.6 Å². The van der Waals surface area contributed by atoms with Crippen LogP contribution in [0.5, 0.6) is 0 Å².